The Morgan fingerprint density at radius 1 is 1.61 bits per heavy atom. The summed E-state index contributed by atoms with van der Waals surface area (Å²) in [7, 11) is 0. The van der Waals surface area contributed by atoms with Crippen LogP contribution in [0.2, 0.25) is 0 Å². The molecule has 4 heteroatoms. The van der Waals surface area contributed by atoms with Crippen molar-refractivity contribution >= 4 is 5.91 Å². The molecule has 4 nitrogen and oxygen atoms in total. The van der Waals surface area contributed by atoms with E-state index in [9.17, 15) is 4.79 Å². The molecule has 18 heavy (non-hydrogen) atoms. The van der Waals surface area contributed by atoms with Crippen molar-refractivity contribution in [2.75, 3.05) is 19.6 Å². The predicted molar refractivity (Wildman–Crippen MR) is 70.8 cm³/mol. The van der Waals surface area contributed by atoms with Gasteiger partial charge in [-0.25, -0.2) is 0 Å². The van der Waals surface area contributed by atoms with E-state index in [4.69, 9.17) is 5.73 Å². The summed E-state index contributed by atoms with van der Waals surface area (Å²) in [6.45, 7) is 4.55. The highest BCUT2D eigenvalue weighted by molar-refractivity contribution is 5.78. The lowest BCUT2D eigenvalue weighted by Crippen LogP contribution is -2.46. The van der Waals surface area contributed by atoms with Crippen molar-refractivity contribution in [1.82, 2.24) is 9.88 Å². The molecule has 0 spiro atoms. The number of hydrogen-bond acceptors (Lipinski definition) is 3. The first kappa shape index (κ1) is 13.0. The van der Waals surface area contributed by atoms with Gasteiger partial charge in [-0.3, -0.25) is 9.78 Å². The van der Waals surface area contributed by atoms with E-state index in [1.807, 2.05) is 17.0 Å². The van der Waals surface area contributed by atoms with Crippen molar-refractivity contribution < 1.29 is 4.79 Å². The molecule has 2 heterocycles. The van der Waals surface area contributed by atoms with Gasteiger partial charge in [0, 0.05) is 25.5 Å². The summed E-state index contributed by atoms with van der Waals surface area (Å²) < 4.78 is 0. The largest absolute Gasteiger partial charge is 0.342 e. The molecule has 1 amide bonds. The lowest BCUT2D eigenvalue weighted by molar-refractivity contribution is -0.132. The van der Waals surface area contributed by atoms with Gasteiger partial charge in [-0.15, -0.1) is 0 Å². The lowest BCUT2D eigenvalue weighted by atomic mass is 9.87. The molecule has 0 radical (unpaired) electrons. The number of pyridine rings is 1. The van der Waals surface area contributed by atoms with E-state index >= 15 is 0 Å². The number of nitrogens with zero attached hydrogens (tertiary/aromatic N) is 2. The Labute approximate surface area is 108 Å². The summed E-state index contributed by atoms with van der Waals surface area (Å²) in [5, 5.41) is 0. The van der Waals surface area contributed by atoms with E-state index in [1.54, 1.807) is 12.4 Å². The van der Waals surface area contributed by atoms with Crippen molar-refractivity contribution in [3.8, 4) is 0 Å². The highest BCUT2D eigenvalue weighted by atomic mass is 16.2. The van der Waals surface area contributed by atoms with E-state index in [0.717, 1.165) is 25.1 Å². The van der Waals surface area contributed by atoms with Crippen LogP contribution in [0.1, 0.15) is 18.9 Å². The summed E-state index contributed by atoms with van der Waals surface area (Å²) in [6, 6.07) is 3.81. The molecule has 2 N–H and O–H groups in total. The van der Waals surface area contributed by atoms with Gasteiger partial charge in [0.15, 0.2) is 0 Å². The van der Waals surface area contributed by atoms with Crippen LogP contribution in [0.3, 0.4) is 0 Å². The zero-order chi connectivity index (χ0) is 13.0. The van der Waals surface area contributed by atoms with Gasteiger partial charge in [-0.05, 0) is 36.4 Å². The van der Waals surface area contributed by atoms with Gasteiger partial charge >= 0.3 is 0 Å². The fourth-order valence-electron chi connectivity index (χ4n) is 2.47. The zero-order valence-corrected chi connectivity index (χ0v) is 10.9. The van der Waals surface area contributed by atoms with E-state index in [1.165, 1.54) is 0 Å². The summed E-state index contributed by atoms with van der Waals surface area (Å²) >= 11 is 0. The Bertz CT molecular complexity index is 393. The molecule has 0 aromatic carbocycles. The Balaban J connectivity index is 1.93. The van der Waals surface area contributed by atoms with Crippen LogP contribution < -0.4 is 5.73 Å². The van der Waals surface area contributed by atoms with Crippen molar-refractivity contribution in [1.29, 1.82) is 0 Å². The Morgan fingerprint density at radius 3 is 3.11 bits per heavy atom. The molecule has 1 fully saturated rings. The van der Waals surface area contributed by atoms with Gasteiger partial charge in [-0.2, -0.15) is 0 Å². The van der Waals surface area contributed by atoms with Crippen LogP contribution in [0.5, 0.6) is 0 Å². The molecule has 1 aliphatic rings. The maximum Gasteiger partial charge on any atom is 0.227 e. The number of aromatic nitrogens is 1. The first-order chi connectivity index (χ1) is 8.70. The van der Waals surface area contributed by atoms with E-state index in [-0.39, 0.29) is 5.91 Å². The maximum absolute atomic E-state index is 12.2. The minimum Gasteiger partial charge on any atom is -0.342 e. The number of rotatable bonds is 3. The second kappa shape index (κ2) is 5.96. The molecule has 0 saturated carbocycles. The number of carbonyl (C=O) groups excluding carboxylic acids is 1. The van der Waals surface area contributed by atoms with Crippen LogP contribution in [-0.2, 0) is 11.2 Å². The predicted octanol–water partition coefficient (Wildman–Crippen LogP) is 1.07. The summed E-state index contributed by atoms with van der Waals surface area (Å²) in [4.78, 5) is 18.2. The van der Waals surface area contributed by atoms with Crippen molar-refractivity contribution in [2.24, 2.45) is 17.6 Å². The highest BCUT2D eigenvalue weighted by Crippen LogP contribution is 2.22. The monoisotopic (exact) mass is 247 g/mol. The van der Waals surface area contributed by atoms with E-state index < -0.39 is 0 Å². The number of amides is 1. The van der Waals surface area contributed by atoms with Gasteiger partial charge < -0.3 is 10.6 Å². The fourth-order valence-corrected chi connectivity index (χ4v) is 2.47. The fraction of sp³-hybridized carbons (Fsp3) is 0.571. The Kier molecular flexibility index (Phi) is 4.31. The number of hydrogen-bond donors (Lipinski definition) is 1. The average molecular weight is 247 g/mol. The van der Waals surface area contributed by atoms with Crippen LogP contribution in [0.15, 0.2) is 24.5 Å². The van der Waals surface area contributed by atoms with Gasteiger partial charge in [0.2, 0.25) is 5.91 Å². The molecule has 2 unspecified atom stereocenters. The molecule has 2 rings (SSSR count). The minimum absolute atomic E-state index is 0.188. The van der Waals surface area contributed by atoms with Crippen molar-refractivity contribution in [3.05, 3.63) is 30.1 Å². The van der Waals surface area contributed by atoms with Crippen LogP contribution in [0.25, 0.3) is 0 Å². The van der Waals surface area contributed by atoms with Gasteiger partial charge in [0.05, 0.1) is 6.42 Å². The molecule has 0 bridgehead atoms. The van der Waals surface area contributed by atoms with Gasteiger partial charge in [-0.1, -0.05) is 13.0 Å². The summed E-state index contributed by atoms with van der Waals surface area (Å²) in [5.74, 6) is 1.25. The second-order valence-electron chi connectivity index (χ2n) is 5.14. The maximum atomic E-state index is 12.2. The SMILES string of the molecule is CC1CCN(C(=O)Cc2cccnc2)CC1CN. The molecule has 0 aliphatic carbocycles. The van der Waals surface area contributed by atoms with E-state index in [0.29, 0.717) is 24.8 Å². The first-order valence-electron chi connectivity index (χ1n) is 6.57. The number of nitrogens with two attached hydrogens (primary N) is 1. The number of carbonyl (C=O) groups is 1. The van der Waals surface area contributed by atoms with Crippen LogP contribution in [0.4, 0.5) is 0 Å². The standard InChI is InChI=1S/C14H21N3O/c1-11-4-6-17(10-13(11)8-15)14(18)7-12-3-2-5-16-9-12/h2-3,5,9,11,13H,4,6-8,10,15H2,1H3. The quantitative estimate of drug-likeness (QED) is 0.869. The topological polar surface area (TPSA) is 59.2 Å². The molecular weight excluding hydrogens is 226 g/mol. The molecular formula is C14H21N3O. The Morgan fingerprint density at radius 2 is 2.44 bits per heavy atom. The third-order valence-corrected chi connectivity index (χ3v) is 3.85. The zero-order valence-electron chi connectivity index (χ0n) is 10.9. The highest BCUT2D eigenvalue weighted by Gasteiger charge is 2.27. The first-order valence-corrected chi connectivity index (χ1v) is 6.57. The lowest BCUT2D eigenvalue weighted by Gasteiger charge is -2.36. The van der Waals surface area contributed by atoms with E-state index in [2.05, 4.69) is 11.9 Å². The third kappa shape index (κ3) is 3.07. The third-order valence-electron chi connectivity index (χ3n) is 3.85. The minimum atomic E-state index is 0.188. The molecule has 98 valence electrons. The van der Waals surface area contributed by atoms with Gasteiger partial charge in [0.25, 0.3) is 0 Å². The number of likely N-dealkylation sites (tertiary alicyclic amines) is 1. The van der Waals surface area contributed by atoms with Crippen molar-refractivity contribution in [2.45, 2.75) is 19.8 Å². The summed E-state index contributed by atoms with van der Waals surface area (Å²) in [5.41, 5.74) is 6.74. The molecule has 1 aliphatic heterocycles. The molecule has 1 saturated heterocycles. The smallest absolute Gasteiger partial charge is 0.227 e. The van der Waals surface area contributed by atoms with Crippen molar-refractivity contribution in [3.63, 3.8) is 0 Å². The van der Waals surface area contributed by atoms with Crippen LogP contribution in [0, 0.1) is 11.8 Å². The van der Waals surface area contributed by atoms with Gasteiger partial charge in [0.1, 0.15) is 0 Å². The Hall–Kier alpha value is -1.42. The molecule has 1 aromatic heterocycles. The summed E-state index contributed by atoms with van der Waals surface area (Å²) in [6.07, 6.45) is 4.98. The van der Waals surface area contributed by atoms with Crippen LogP contribution in [-0.4, -0.2) is 35.4 Å². The number of piperidine rings is 1. The molecule has 2 atom stereocenters. The van der Waals surface area contributed by atoms with Crippen LogP contribution >= 0.6 is 0 Å². The second-order valence-corrected chi connectivity index (χ2v) is 5.14. The molecule has 1 aromatic rings. The normalized spacial score (nSPS) is 24.0. The average Bonchev–Trinajstić information content (AvgIpc) is 2.40.